The molecule has 2 heterocycles. The smallest absolute Gasteiger partial charge is 0.337 e. The molecule has 1 saturated heterocycles. The van der Waals surface area contributed by atoms with Gasteiger partial charge in [0, 0.05) is 25.8 Å². The normalized spacial score (nSPS) is 19.2. The zero-order valence-corrected chi connectivity index (χ0v) is 12.0. The summed E-state index contributed by atoms with van der Waals surface area (Å²) in [4.78, 5) is 19.5. The molecule has 3 N–H and O–H groups in total. The Bertz CT molecular complexity index is 492. The number of likely N-dealkylation sites (N-methyl/N-ethyl adjacent to an activating group) is 2. The second-order valence-electron chi connectivity index (χ2n) is 5.25. The average Bonchev–Trinajstić information content (AvgIpc) is 2.85. The number of aromatic carboxylic acids is 1. The Morgan fingerprint density at radius 3 is 3.00 bits per heavy atom. The van der Waals surface area contributed by atoms with Crippen LogP contribution in [0.25, 0.3) is 0 Å². The maximum atomic E-state index is 10.9. The zero-order valence-electron chi connectivity index (χ0n) is 12.0. The first-order chi connectivity index (χ1) is 9.52. The van der Waals surface area contributed by atoms with E-state index < -0.39 is 5.97 Å². The molecular weight excluding hydrogens is 256 g/mol. The van der Waals surface area contributed by atoms with E-state index in [0.717, 1.165) is 19.6 Å². The summed E-state index contributed by atoms with van der Waals surface area (Å²) < 4.78 is 0. The van der Waals surface area contributed by atoms with Crippen molar-refractivity contribution in [1.29, 1.82) is 0 Å². The minimum Gasteiger partial charge on any atom is -0.478 e. The minimum absolute atomic E-state index is 0.121. The van der Waals surface area contributed by atoms with Crippen molar-refractivity contribution < 1.29 is 9.90 Å². The van der Waals surface area contributed by atoms with Crippen LogP contribution in [-0.2, 0) is 0 Å². The number of likely N-dealkylation sites (tertiary alicyclic amines) is 1. The predicted octanol–water partition coefficient (Wildman–Crippen LogP) is 1.28. The molecule has 1 fully saturated rings. The molecule has 6 heteroatoms. The van der Waals surface area contributed by atoms with Gasteiger partial charge < -0.3 is 15.7 Å². The van der Waals surface area contributed by atoms with Crippen LogP contribution >= 0.6 is 0 Å². The van der Waals surface area contributed by atoms with Crippen LogP contribution in [0.1, 0.15) is 30.1 Å². The van der Waals surface area contributed by atoms with E-state index in [9.17, 15) is 4.79 Å². The molecule has 0 aliphatic carbocycles. The highest BCUT2D eigenvalue weighted by Gasteiger charge is 2.25. The van der Waals surface area contributed by atoms with E-state index in [1.165, 1.54) is 25.1 Å². The molecule has 1 atom stereocenters. The van der Waals surface area contributed by atoms with Gasteiger partial charge in [0.25, 0.3) is 0 Å². The van der Waals surface area contributed by atoms with Crippen LogP contribution < -0.4 is 10.6 Å². The number of pyridine rings is 1. The van der Waals surface area contributed by atoms with Crippen LogP contribution in [0.15, 0.2) is 12.3 Å². The van der Waals surface area contributed by atoms with Crippen molar-refractivity contribution in [2.75, 3.05) is 37.3 Å². The van der Waals surface area contributed by atoms with Gasteiger partial charge >= 0.3 is 5.97 Å². The summed E-state index contributed by atoms with van der Waals surface area (Å²) in [6.45, 7) is 5.24. The molecule has 0 saturated carbocycles. The van der Waals surface area contributed by atoms with Gasteiger partial charge in [-0.25, -0.2) is 9.78 Å². The molecule has 1 unspecified atom stereocenters. The van der Waals surface area contributed by atoms with Crippen molar-refractivity contribution in [3.8, 4) is 0 Å². The Kier molecular flexibility index (Phi) is 4.44. The Hall–Kier alpha value is -1.82. The Morgan fingerprint density at radius 1 is 1.65 bits per heavy atom. The number of nitrogens with zero attached hydrogens (tertiary/aromatic N) is 3. The van der Waals surface area contributed by atoms with Crippen LogP contribution in [0, 0.1) is 0 Å². The Labute approximate surface area is 119 Å². The van der Waals surface area contributed by atoms with E-state index in [1.54, 1.807) is 0 Å². The van der Waals surface area contributed by atoms with E-state index in [0.29, 0.717) is 17.5 Å². The van der Waals surface area contributed by atoms with E-state index in [2.05, 4.69) is 16.8 Å². The standard InChI is InChI=1S/C14H22N4O2/c1-3-18-6-4-5-11(18)9-17(2)13-12(15)7-10(8-16-13)14(19)20/h7-8,11H,3-6,9,15H2,1-2H3,(H,19,20). The van der Waals surface area contributed by atoms with Crippen LogP contribution in [0.2, 0.25) is 0 Å². The number of rotatable bonds is 5. The van der Waals surface area contributed by atoms with Gasteiger partial charge in [0.2, 0.25) is 0 Å². The number of hydrogen-bond donors (Lipinski definition) is 2. The van der Waals surface area contributed by atoms with Gasteiger partial charge in [-0.2, -0.15) is 0 Å². The fraction of sp³-hybridized carbons (Fsp3) is 0.571. The lowest BCUT2D eigenvalue weighted by Crippen LogP contribution is -2.39. The number of nitrogen functional groups attached to an aromatic ring is 1. The highest BCUT2D eigenvalue weighted by atomic mass is 16.4. The van der Waals surface area contributed by atoms with Gasteiger partial charge in [0.05, 0.1) is 11.3 Å². The quantitative estimate of drug-likeness (QED) is 0.844. The minimum atomic E-state index is -1.01. The topological polar surface area (TPSA) is 82.7 Å². The molecule has 1 aromatic heterocycles. The van der Waals surface area contributed by atoms with E-state index in [1.807, 2.05) is 11.9 Å². The van der Waals surface area contributed by atoms with Gasteiger partial charge in [0.1, 0.15) is 0 Å². The predicted molar refractivity (Wildman–Crippen MR) is 79.1 cm³/mol. The second-order valence-corrected chi connectivity index (χ2v) is 5.25. The van der Waals surface area contributed by atoms with Gasteiger partial charge in [-0.1, -0.05) is 6.92 Å². The first-order valence-electron chi connectivity index (χ1n) is 6.97. The van der Waals surface area contributed by atoms with Crippen molar-refractivity contribution in [2.24, 2.45) is 0 Å². The summed E-state index contributed by atoms with van der Waals surface area (Å²) in [5.74, 6) is -0.357. The average molecular weight is 278 g/mol. The summed E-state index contributed by atoms with van der Waals surface area (Å²) in [5, 5.41) is 8.92. The fourth-order valence-electron chi connectivity index (χ4n) is 2.83. The maximum absolute atomic E-state index is 10.9. The summed E-state index contributed by atoms with van der Waals surface area (Å²) in [6, 6.07) is 1.98. The third kappa shape index (κ3) is 3.01. The number of nitrogens with two attached hydrogens (primary N) is 1. The molecule has 0 amide bonds. The van der Waals surface area contributed by atoms with E-state index in [4.69, 9.17) is 10.8 Å². The Balaban J connectivity index is 2.09. The molecular formula is C14H22N4O2. The van der Waals surface area contributed by atoms with E-state index in [-0.39, 0.29) is 5.56 Å². The zero-order chi connectivity index (χ0) is 14.7. The Morgan fingerprint density at radius 2 is 2.40 bits per heavy atom. The maximum Gasteiger partial charge on any atom is 0.337 e. The van der Waals surface area contributed by atoms with Crippen molar-refractivity contribution in [2.45, 2.75) is 25.8 Å². The number of carboxylic acid groups (broad SMARTS) is 1. The highest BCUT2D eigenvalue weighted by molar-refractivity contribution is 5.89. The second kappa shape index (κ2) is 6.09. The van der Waals surface area contributed by atoms with E-state index >= 15 is 0 Å². The van der Waals surface area contributed by atoms with Crippen LogP contribution in [0.3, 0.4) is 0 Å². The van der Waals surface area contributed by atoms with Crippen molar-refractivity contribution in [3.63, 3.8) is 0 Å². The van der Waals surface area contributed by atoms with Gasteiger partial charge in [-0.05, 0) is 32.0 Å². The number of carbonyl (C=O) groups is 1. The van der Waals surface area contributed by atoms with Crippen molar-refractivity contribution >= 4 is 17.5 Å². The summed E-state index contributed by atoms with van der Waals surface area (Å²) in [6.07, 6.45) is 3.77. The van der Waals surface area contributed by atoms with Gasteiger partial charge in [0.15, 0.2) is 5.82 Å². The number of carboxylic acids is 1. The molecule has 6 nitrogen and oxygen atoms in total. The van der Waals surface area contributed by atoms with Crippen LogP contribution in [0.5, 0.6) is 0 Å². The lowest BCUT2D eigenvalue weighted by atomic mass is 10.2. The van der Waals surface area contributed by atoms with Crippen molar-refractivity contribution in [1.82, 2.24) is 9.88 Å². The molecule has 0 radical (unpaired) electrons. The summed E-state index contributed by atoms with van der Waals surface area (Å²) >= 11 is 0. The molecule has 1 aliphatic heterocycles. The SMILES string of the molecule is CCN1CCCC1CN(C)c1ncc(C(=O)O)cc1N. The molecule has 110 valence electrons. The fourth-order valence-corrected chi connectivity index (χ4v) is 2.83. The first-order valence-corrected chi connectivity index (χ1v) is 6.97. The summed E-state index contributed by atoms with van der Waals surface area (Å²) in [5.41, 5.74) is 6.45. The molecule has 0 spiro atoms. The van der Waals surface area contributed by atoms with Crippen LogP contribution in [0.4, 0.5) is 11.5 Å². The van der Waals surface area contributed by atoms with Gasteiger partial charge in [-0.15, -0.1) is 0 Å². The largest absolute Gasteiger partial charge is 0.478 e. The first kappa shape index (κ1) is 14.6. The van der Waals surface area contributed by atoms with Gasteiger partial charge in [-0.3, -0.25) is 4.90 Å². The lowest BCUT2D eigenvalue weighted by molar-refractivity contribution is 0.0696. The monoisotopic (exact) mass is 278 g/mol. The summed E-state index contributed by atoms with van der Waals surface area (Å²) in [7, 11) is 1.95. The molecule has 0 bridgehead atoms. The molecule has 20 heavy (non-hydrogen) atoms. The van der Waals surface area contributed by atoms with Crippen molar-refractivity contribution in [3.05, 3.63) is 17.8 Å². The molecule has 2 rings (SSSR count). The number of aromatic nitrogens is 1. The highest BCUT2D eigenvalue weighted by Crippen LogP contribution is 2.23. The number of anilines is 2. The van der Waals surface area contributed by atoms with Crippen LogP contribution in [-0.4, -0.2) is 53.7 Å². The molecule has 1 aromatic rings. The molecule has 1 aliphatic rings. The number of hydrogen-bond acceptors (Lipinski definition) is 5. The third-order valence-corrected chi connectivity index (χ3v) is 3.89. The third-order valence-electron chi connectivity index (χ3n) is 3.89. The molecule has 0 aromatic carbocycles. The lowest BCUT2D eigenvalue weighted by Gasteiger charge is -2.29.